The minimum atomic E-state index is -0.229. The molecule has 0 aromatic heterocycles. The second-order valence-corrected chi connectivity index (χ2v) is 5.84. The molecule has 0 bridgehead atoms. The van der Waals surface area contributed by atoms with Crippen LogP contribution in [0.5, 0.6) is 0 Å². The summed E-state index contributed by atoms with van der Waals surface area (Å²) in [6.07, 6.45) is 2.04. The van der Waals surface area contributed by atoms with Gasteiger partial charge in [0.1, 0.15) is 5.82 Å². The van der Waals surface area contributed by atoms with E-state index in [0.29, 0.717) is 6.54 Å². The Morgan fingerprint density at radius 3 is 2.36 bits per heavy atom. The van der Waals surface area contributed by atoms with Gasteiger partial charge in [-0.2, -0.15) is 0 Å². The van der Waals surface area contributed by atoms with Gasteiger partial charge in [0.2, 0.25) is 0 Å². The fraction of sp³-hybridized carbons (Fsp3) is 0.278. The summed E-state index contributed by atoms with van der Waals surface area (Å²) < 4.78 is 13.0. The maximum Gasteiger partial charge on any atom is 0.321 e. The third kappa shape index (κ3) is 2.96. The number of carbonyl (C=O) groups excluding carboxylic acids is 1. The first kappa shape index (κ1) is 14.6. The van der Waals surface area contributed by atoms with Crippen molar-refractivity contribution < 1.29 is 9.18 Å². The highest BCUT2D eigenvalue weighted by molar-refractivity contribution is 5.91. The molecule has 2 aromatic carbocycles. The zero-order valence-electron chi connectivity index (χ0n) is 12.6. The van der Waals surface area contributed by atoms with Crippen molar-refractivity contribution in [2.24, 2.45) is 0 Å². The molecule has 3 nitrogen and oxygen atoms in total. The molecule has 22 heavy (non-hydrogen) atoms. The molecule has 0 atom stereocenters. The van der Waals surface area contributed by atoms with Crippen molar-refractivity contribution in [3.8, 4) is 0 Å². The standard InChI is InChI=1S/C18H19FN2O/c1-21(16-5-3-2-4-6-16)17(22)20-13-18(11-12-18)14-7-9-15(19)10-8-14/h2-10H,11-13H2,1H3,(H,20,22). The highest BCUT2D eigenvalue weighted by Gasteiger charge is 2.44. The lowest BCUT2D eigenvalue weighted by Gasteiger charge is -2.21. The third-order valence-corrected chi connectivity index (χ3v) is 4.34. The molecular formula is C18H19FN2O. The van der Waals surface area contributed by atoms with E-state index >= 15 is 0 Å². The highest BCUT2D eigenvalue weighted by Crippen LogP contribution is 2.47. The maximum atomic E-state index is 13.0. The van der Waals surface area contributed by atoms with Crippen LogP contribution in [-0.2, 0) is 5.41 Å². The molecule has 114 valence electrons. The molecule has 0 aliphatic heterocycles. The van der Waals surface area contributed by atoms with Crippen molar-refractivity contribution >= 4 is 11.7 Å². The number of rotatable bonds is 4. The Morgan fingerprint density at radius 2 is 1.77 bits per heavy atom. The molecule has 1 N–H and O–H groups in total. The number of para-hydroxylation sites is 1. The molecule has 0 saturated heterocycles. The number of carbonyl (C=O) groups is 1. The van der Waals surface area contributed by atoms with E-state index in [2.05, 4.69) is 5.32 Å². The van der Waals surface area contributed by atoms with E-state index in [4.69, 9.17) is 0 Å². The zero-order chi connectivity index (χ0) is 15.6. The van der Waals surface area contributed by atoms with Crippen LogP contribution in [0.15, 0.2) is 54.6 Å². The van der Waals surface area contributed by atoms with Gasteiger partial charge in [0.25, 0.3) is 0 Å². The van der Waals surface area contributed by atoms with Crippen molar-refractivity contribution in [3.63, 3.8) is 0 Å². The molecule has 2 aromatic rings. The number of anilines is 1. The van der Waals surface area contributed by atoms with Crippen LogP contribution in [0, 0.1) is 5.82 Å². The van der Waals surface area contributed by atoms with E-state index < -0.39 is 0 Å². The van der Waals surface area contributed by atoms with E-state index in [1.807, 2.05) is 42.5 Å². The van der Waals surface area contributed by atoms with E-state index in [0.717, 1.165) is 24.1 Å². The van der Waals surface area contributed by atoms with Gasteiger partial charge in [-0.05, 0) is 42.7 Å². The van der Waals surface area contributed by atoms with Crippen LogP contribution in [0.25, 0.3) is 0 Å². The molecule has 4 heteroatoms. The van der Waals surface area contributed by atoms with Gasteiger partial charge < -0.3 is 5.32 Å². The topological polar surface area (TPSA) is 32.3 Å². The van der Waals surface area contributed by atoms with Crippen molar-refractivity contribution in [1.29, 1.82) is 0 Å². The SMILES string of the molecule is CN(C(=O)NCC1(c2ccc(F)cc2)CC1)c1ccccc1. The smallest absolute Gasteiger partial charge is 0.321 e. The summed E-state index contributed by atoms with van der Waals surface area (Å²) in [4.78, 5) is 13.9. The van der Waals surface area contributed by atoms with Crippen LogP contribution in [0.2, 0.25) is 0 Å². The molecule has 1 aliphatic carbocycles. The maximum absolute atomic E-state index is 13.0. The van der Waals surface area contributed by atoms with Gasteiger partial charge in [0.15, 0.2) is 0 Å². The van der Waals surface area contributed by atoms with Gasteiger partial charge in [-0.1, -0.05) is 30.3 Å². The monoisotopic (exact) mass is 298 g/mol. The first-order valence-electron chi connectivity index (χ1n) is 7.43. The van der Waals surface area contributed by atoms with Crippen molar-refractivity contribution in [2.45, 2.75) is 18.3 Å². The van der Waals surface area contributed by atoms with E-state index in [1.165, 1.54) is 12.1 Å². The van der Waals surface area contributed by atoms with Crippen molar-refractivity contribution in [1.82, 2.24) is 5.32 Å². The molecule has 0 spiro atoms. The van der Waals surface area contributed by atoms with Gasteiger partial charge in [-0.3, -0.25) is 4.90 Å². The number of amides is 2. The van der Waals surface area contributed by atoms with Crippen LogP contribution in [0.1, 0.15) is 18.4 Å². The minimum Gasteiger partial charge on any atom is -0.337 e. The van der Waals surface area contributed by atoms with Crippen LogP contribution >= 0.6 is 0 Å². The summed E-state index contributed by atoms with van der Waals surface area (Å²) in [5.41, 5.74) is 1.92. The average molecular weight is 298 g/mol. The first-order valence-corrected chi connectivity index (χ1v) is 7.43. The second kappa shape index (κ2) is 5.79. The number of hydrogen-bond donors (Lipinski definition) is 1. The summed E-state index contributed by atoms with van der Waals surface area (Å²) in [6.45, 7) is 0.578. The number of hydrogen-bond acceptors (Lipinski definition) is 1. The third-order valence-electron chi connectivity index (χ3n) is 4.34. The average Bonchev–Trinajstić information content (AvgIpc) is 3.34. The second-order valence-electron chi connectivity index (χ2n) is 5.84. The fourth-order valence-corrected chi connectivity index (χ4v) is 2.65. The number of nitrogens with zero attached hydrogens (tertiary/aromatic N) is 1. The summed E-state index contributed by atoms with van der Waals surface area (Å²) in [5, 5.41) is 2.99. The molecule has 1 saturated carbocycles. The van der Waals surface area contributed by atoms with Crippen LogP contribution in [0.3, 0.4) is 0 Å². The Bertz CT molecular complexity index is 651. The first-order chi connectivity index (χ1) is 10.6. The molecule has 3 rings (SSSR count). The van der Waals surface area contributed by atoms with Crippen LogP contribution in [0.4, 0.5) is 14.9 Å². The number of halogens is 1. The Balaban J connectivity index is 1.62. The lowest BCUT2D eigenvalue weighted by atomic mass is 9.96. The Hall–Kier alpha value is -2.36. The highest BCUT2D eigenvalue weighted by atomic mass is 19.1. The predicted molar refractivity (Wildman–Crippen MR) is 85.6 cm³/mol. The van der Waals surface area contributed by atoms with Gasteiger partial charge >= 0.3 is 6.03 Å². The molecule has 1 aliphatic rings. The predicted octanol–water partition coefficient (Wildman–Crippen LogP) is 3.70. The van der Waals surface area contributed by atoms with Gasteiger partial charge in [0.05, 0.1) is 0 Å². The van der Waals surface area contributed by atoms with Crippen LogP contribution < -0.4 is 10.2 Å². The van der Waals surface area contributed by atoms with Gasteiger partial charge in [0, 0.05) is 24.7 Å². The number of urea groups is 1. The lowest BCUT2D eigenvalue weighted by Crippen LogP contribution is -2.41. The van der Waals surface area contributed by atoms with Crippen molar-refractivity contribution in [3.05, 3.63) is 66.0 Å². The molecule has 0 radical (unpaired) electrons. The minimum absolute atomic E-state index is 0.0269. The van der Waals surface area contributed by atoms with Crippen LogP contribution in [-0.4, -0.2) is 19.6 Å². The van der Waals surface area contributed by atoms with Gasteiger partial charge in [-0.25, -0.2) is 9.18 Å². The van der Waals surface area contributed by atoms with E-state index in [1.54, 1.807) is 11.9 Å². The van der Waals surface area contributed by atoms with Gasteiger partial charge in [-0.15, -0.1) is 0 Å². The number of benzene rings is 2. The molecule has 0 unspecified atom stereocenters. The molecular weight excluding hydrogens is 279 g/mol. The Morgan fingerprint density at radius 1 is 1.14 bits per heavy atom. The molecule has 1 fully saturated rings. The molecule has 2 amide bonds. The van der Waals surface area contributed by atoms with E-state index in [9.17, 15) is 9.18 Å². The fourth-order valence-electron chi connectivity index (χ4n) is 2.65. The lowest BCUT2D eigenvalue weighted by molar-refractivity contribution is 0.246. The zero-order valence-corrected chi connectivity index (χ0v) is 12.6. The van der Waals surface area contributed by atoms with Crippen molar-refractivity contribution in [2.75, 3.05) is 18.5 Å². The Kier molecular flexibility index (Phi) is 3.84. The Labute approximate surface area is 129 Å². The largest absolute Gasteiger partial charge is 0.337 e. The summed E-state index contributed by atoms with van der Waals surface area (Å²) in [5.74, 6) is -0.229. The summed E-state index contributed by atoms with van der Waals surface area (Å²) in [7, 11) is 1.75. The quantitative estimate of drug-likeness (QED) is 0.917. The summed E-state index contributed by atoms with van der Waals surface area (Å²) >= 11 is 0. The summed E-state index contributed by atoms with van der Waals surface area (Å²) in [6, 6.07) is 16.0. The molecule has 0 heterocycles. The number of nitrogens with one attached hydrogen (secondary N) is 1. The normalized spacial score (nSPS) is 15.2. The van der Waals surface area contributed by atoms with E-state index in [-0.39, 0.29) is 17.3 Å².